The number of carbonyl (C=O) groups is 1. The summed E-state index contributed by atoms with van der Waals surface area (Å²) >= 11 is 5.36. The second kappa shape index (κ2) is 8.82. The third-order valence-corrected chi connectivity index (χ3v) is 5.56. The molecule has 3 aromatic heterocycles. The van der Waals surface area contributed by atoms with Gasteiger partial charge in [-0.2, -0.15) is 4.98 Å². The molecule has 1 saturated heterocycles. The first-order valence-electron chi connectivity index (χ1n) is 9.90. The lowest BCUT2D eigenvalue weighted by Crippen LogP contribution is -2.53. The van der Waals surface area contributed by atoms with E-state index >= 15 is 0 Å². The fourth-order valence-corrected chi connectivity index (χ4v) is 3.76. The van der Waals surface area contributed by atoms with Crippen LogP contribution in [0.2, 0.25) is 0 Å². The van der Waals surface area contributed by atoms with E-state index in [1.54, 1.807) is 18.3 Å². The molecule has 0 unspecified atom stereocenters. The zero-order chi connectivity index (χ0) is 22.0. The number of aryl methyl sites for hydroxylation is 1. The molecule has 31 heavy (non-hydrogen) atoms. The quantitative estimate of drug-likeness (QED) is 0.564. The zero-order valence-electron chi connectivity index (χ0n) is 16.9. The smallest absolute Gasteiger partial charge is 0.293 e. The van der Waals surface area contributed by atoms with Crippen LogP contribution in [0.3, 0.4) is 0 Å². The third kappa shape index (κ3) is 4.14. The maximum atomic E-state index is 12.5. The van der Waals surface area contributed by atoms with Gasteiger partial charge in [0, 0.05) is 50.7 Å². The van der Waals surface area contributed by atoms with E-state index in [9.17, 15) is 14.7 Å². The van der Waals surface area contributed by atoms with Gasteiger partial charge < -0.3 is 23.9 Å². The van der Waals surface area contributed by atoms with Crippen LogP contribution in [-0.2, 0) is 13.2 Å². The highest BCUT2D eigenvalue weighted by Crippen LogP contribution is 2.16. The van der Waals surface area contributed by atoms with Gasteiger partial charge in [0.05, 0.1) is 18.3 Å². The lowest BCUT2D eigenvalue weighted by Gasteiger charge is -2.35. The van der Waals surface area contributed by atoms with Crippen LogP contribution in [0.1, 0.15) is 23.0 Å². The minimum atomic E-state index is -0.380. The molecule has 0 aromatic carbocycles. The van der Waals surface area contributed by atoms with Gasteiger partial charge in [-0.25, -0.2) is 4.98 Å². The Morgan fingerprint density at radius 1 is 1.32 bits per heavy atom. The number of pyridine rings is 1. The van der Waals surface area contributed by atoms with Gasteiger partial charge in [0.1, 0.15) is 5.65 Å². The predicted molar refractivity (Wildman–Crippen MR) is 118 cm³/mol. The van der Waals surface area contributed by atoms with E-state index in [1.807, 2.05) is 21.3 Å². The second-order valence-corrected chi connectivity index (χ2v) is 7.43. The molecule has 4 rings (SSSR count). The van der Waals surface area contributed by atoms with Gasteiger partial charge >= 0.3 is 0 Å². The van der Waals surface area contributed by atoms with Gasteiger partial charge in [0.15, 0.2) is 16.3 Å². The summed E-state index contributed by atoms with van der Waals surface area (Å²) in [6.45, 7) is 4.61. The molecule has 1 fully saturated rings. The monoisotopic (exact) mass is 442 g/mol. The molecular formula is C20H22N6O4S. The number of fused-ring (bicyclic) bond motifs is 1. The van der Waals surface area contributed by atoms with Gasteiger partial charge in [0.25, 0.3) is 5.91 Å². The van der Waals surface area contributed by atoms with Crippen molar-refractivity contribution in [3.63, 3.8) is 0 Å². The van der Waals surface area contributed by atoms with E-state index < -0.39 is 0 Å². The van der Waals surface area contributed by atoms with E-state index in [0.717, 1.165) is 0 Å². The standard InChI is InChI=1S/C20H22N6O4S/c1-2-24-11-13(12-27)16(28)14-10-21-19(22-17(14)24)25-5-7-26(8-6-25)20(31)23-18(29)15-4-3-9-30-15/h3-4,9-11,27H,2,5-8,12H2,1H3,(H,23,29,31). The third-order valence-electron chi connectivity index (χ3n) is 5.20. The summed E-state index contributed by atoms with van der Waals surface area (Å²) in [5.74, 6) is 0.350. The van der Waals surface area contributed by atoms with Crippen molar-refractivity contribution in [1.82, 2.24) is 24.8 Å². The van der Waals surface area contributed by atoms with Gasteiger partial charge in [-0.1, -0.05) is 0 Å². The topological polar surface area (TPSA) is 117 Å². The highest BCUT2D eigenvalue weighted by atomic mass is 32.1. The minimum Gasteiger partial charge on any atom is -0.459 e. The number of rotatable bonds is 4. The number of anilines is 1. The summed E-state index contributed by atoms with van der Waals surface area (Å²) in [5, 5.41) is 12.8. The lowest BCUT2D eigenvalue weighted by atomic mass is 10.2. The first-order valence-corrected chi connectivity index (χ1v) is 10.3. The lowest BCUT2D eigenvalue weighted by molar-refractivity contribution is 0.0946. The molecule has 0 aliphatic carbocycles. The van der Waals surface area contributed by atoms with Crippen LogP contribution in [-0.4, -0.2) is 61.7 Å². The first kappa shape index (κ1) is 20.9. The maximum Gasteiger partial charge on any atom is 0.293 e. The van der Waals surface area contributed by atoms with Gasteiger partial charge in [-0.3, -0.25) is 14.9 Å². The summed E-state index contributed by atoms with van der Waals surface area (Å²) in [4.78, 5) is 37.5. The molecule has 2 N–H and O–H groups in total. The fourth-order valence-electron chi connectivity index (χ4n) is 3.48. The number of hydrogen-bond donors (Lipinski definition) is 2. The number of nitrogens with zero attached hydrogens (tertiary/aromatic N) is 5. The van der Waals surface area contributed by atoms with E-state index in [1.165, 1.54) is 12.5 Å². The number of furan rings is 1. The summed E-state index contributed by atoms with van der Waals surface area (Å²) in [6, 6.07) is 3.22. The summed E-state index contributed by atoms with van der Waals surface area (Å²) in [7, 11) is 0. The zero-order valence-corrected chi connectivity index (χ0v) is 17.8. The normalized spacial score (nSPS) is 14.1. The first-order chi connectivity index (χ1) is 15.0. The van der Waals surface area contributed by atoms with Crippen molar-refractivity contribution in [1.29, 1.82) is 0 Å². The van der Waals surface area contributed by atoms with Crippen LogP contribution in [0.5, 0.6) is 0 Å². The number of nitrogens with one attached hydrogen (secondary N) is 1. The molecule has 4 heterocycles. The van der Waals surface area contributed by atoms with Crippen molar-refractivity contribution < 1.29 is 14.3 Å². The summed E-state index contributed by atoms with van der Waals surface area (Å²) in [5.41, 5.74) is 0.610. The maximum absolute atomic E-state index is 12.5. The Labute approximate surface area is 183 Å². The van der Waals surface area contributed by atoms with Crippen molar-refractivity contribution in [3.8, 4) is 0 Å². The highest BCUT2D eigenvalue weighted by molar-refractivity contribution is 7.80. The molecule has 3 aromatic rings. The van der Waals surface area contributed by atoms with Gasteiger partial charge in [-0.05, 0) is 31.3 Å². The minimum absolute atomic E-state index is 0.205. The van der Waals surface area contributed by atoms with Crippen molar-refractivity contribution >= 4 is 40.2 Å². The molecule has 11 heteroatoms. The number of aliphatic hydroxyl groups is 1. The van der Waals surface area contributed by atoms with E-state index in [-0.39, 0.29) is 23.7 Å². The van der Waals surface area contributed by atoms with Crippen molar-refractivity contribution in [2.24, 2.45) is 0 Å². The summed E-state index contributed by atoms with van der Waals surface area (Å²) < 4.78 is 6.92. The van der Waals surface area contributed by atoms with Crippen LogP contribution in [0.4, 0.5) is 5.95 Å². The molecule has 0 saturated carbocycles. The number of aliphatic hydroxyl groups excluding tert-OH is 1. The molecule has 0 atom stereocenters. The predicted octanol–water partition coefficient (Wildman–Crippen LogP) is 0.734. The molecule has 1 aliphatic heterocycles. The molecule has 10 nitrogen and oxygen atoms in total. The molecule has 1 aliphatic rings. The van der Waals surface area contributed by atoms with E-state index in [4.69, 9.17) is 16.6 Å². The number of amides is 1. The average Bonchev–Trinajstić information content (AvgIpc) is 3.34. The van der Waals surface area contributed by atoms with Crippen LogP contribution < -0.4 is 15.6 Å². The van der Waals surface area contributed by atoms with Gasteiger partial charge in [0.2, 0.25) is 5.95 Å². The van der Waals surface area contributed by atoms with Crippen LogP contribution in [0.25, 0.3) is 11.0 Å². The number of hydrogen-bond acceptors (Lipinski definition) is 8. The van der Waals surface area contributed by atoms with Crippen LogP contribution >= 0.6 is 12.2 Å². The van der Waals surface area contributed by atoms with Crippen molar-refractivity contribution in [2.45, 2.75) is 20.1 Å². The Balaban J connectivity index is 1.46. The number of thiocarbonyl (C=S) groups is 1. The molecule has 0 radical (unpaired) electrons. The van der Waals surface area contributed by atoms with Gasteiger partial charge in [-0.15, -0.1) is 0 Å². The van der Waals surface area contributed by atoms with E-state index in [0.29, 0.717) is 60.4 Å². The average molecular weight is 443 g/mol. The Kier molecular flexibility index (Phi) is 5.96. The Hall–Kier alpha value is -3.31. The van der Waals surface area contributed by atoms with Crippen molar-refractivity contribution in [3.05, 3.63) is 52.3 Å². The summed E-state index contributed by atoms with van der Waals surface area (Å²) in [6.07, 6.45) is 4.59. The van der Waals surface area contributed by atoms with E-state index in [2.05, 4.69) is 15.3 Å². The molecular weight excluding hydrogens is 420 g/mol. The molecule has 1 amide bonds. The second-order valence-electron chi connectivity index (χ2n) is 7.05. The number of aromatic nitrogens is 3. The highest BCUT2D eigenvalue weighted by Gasteiger charge is 2.23. The molecule has 162 valence electrons. The Bertz CT molecular complexity index is 1170. The van der Waals surface area contributed by atoms with Crippen LogP contribution in [0, 0.1) is 0 Å². The Morgan fingerprint density at radius 3 is 2.74 bits per heavy atom. The fraction of sp³-hybridized carbons (Fsp3) is 0.350. The molecule has 0 bridgehead atoms. The Morgan fingerprint density at radius 2 is 2.10 bits per heavy atom. The number of carbonyl (C=O) groups excluding carboxylic acids is 1. The largest absolute Gasteiger partial charge is 0.459 e. The van der Waals surface area contributed by atoms with Crippen molar-refractivity contribution in [2.75, 3.05) is 31.1 Å². The number of piperazine rings is 1. The van der Waals surface area contributed by atoms with Crippen LogP contribution in [0.15, 0.2) is 40.0 Å². The SMILES string of the molecule is CCn1cc(CO)c(=O)c2cnc(N3CCN(C(=S)NC(=O)c4ccco4)CC3)nc21. The molecule has 0 spiro atoms.